The summed E-state index contributed by atoms with van der Waals surface area (Å²) >= 11 is 0. The van der Waals surface area contributed by atoms with Crippen LogP contribution in [0.1, 0.15) is 94.5 Å². The zero-order valence-electron chi connectivity index (χ0n) is 23.5. The molecular formula is C33H40F5N. The van der Waals surface area contributed by atoms with Crippen LogP contribution in [0.25, 0.3) is 17.7 Å². The summed E-state index contributed by atoms with van der Waals surface area (Å²) in [4.78, 5) is 1.54. The van der Waals surface area contributed by atoms with Gasteiger partial charge in [0, 0.05) is 18.5 Å². The molecule has 1 aliphatic carbocycles. The molecule has 1 fully saturated rings. The number of alkyl halides is 3. The van der Waals surface area contributed by atoms with E-state index in [0.29, 0.717) is 17.6 Å². The third-order valence-corrected chi connectivity index (χ3v) is 7.47. The number of unbranched alkanes of at least 4 members (excludes halogenated alkanes) is 1. The smallest absolute Gasteiger partial charge is 0.257 e. The highest BCUT2D eigenvalue weighted by Crippen LogP contribution is 2.45. The number of hydrogen-bond donors (Lipinski definition) is 0. The van der Waals surface area contributed by atoms with Gasteiger partial charge >= 0.3 is 0 Å². The summed E-state index contributed by atoms with van der Waals surface area (Å²) < 4.78 is 70.3. The van der Waals surface area contributed by atoms with Gasteiger partial charge in [-0.2, -0.15) is 0 Å². The van der Waals surface area contributed by atoms with Gasteiger partial charge < -0.3 is 0 Å². The molecule has 2 aliphatic rings. The number of hydrogen-bond acceptors (Lipinski definition) is 1. The van der Waals surface area contributed by atoms with E-state index in [-0.39, 0.29) is 18.3 Å². The molecule has 0 radical (unpaired) electrons. The molecule has 1 aliphatic heterocycles. The molecule has 0 bridgehead atoms. The van der Waals surface area contributed by atoms with Crippen LogP contribution in [0.4, 0.5) is 22.0 Å². The van der Waals surface area contributed by atoms with E-state index in [0.717, 1.165) is 55.7 Å². The molecule has 1 saturated carbocycles. The van der Waals surface area contributed by atoms with Gasteiger partial charge in [0.2, 0.25) is 0 Å². The summed E-state index contributed by atoms with van der Waals surface area (Å²) in [5, 5.41) is 0. The Morgan fingerprint density at radius 2 is 1.67 bits per heavy atom. The highest BCUT2D eigenvalue weighted by atomic mass is 19.3. The fourth-order valence-corrected chi connectivity index (χ4v) is 5.20. The third kappa shape index (κ3) is 7.91. The minimum Gasteiger partial charge on any atom is -0.283 e. The fourth-order valence-electron chi connectivity index (χ4n) is 5.20. The number of benzene rings is 2. The molecule has 0 saturated heterocycles. The second-order valence-electron chi connectivity index (χ2n) is 10.8. The Labute approximate surface area is 230 Å². The van der Waals surface area contributed by atoms with Crippen molar-refractivity contribution in [1.82, 2.24) is 4.90 Å². The molecule has 1 nitrogen and oxygen atoms in total. The number of allylic oxidation sites excluding steroid dienone is 1. The van der Waals surface area contributed by atoms with E-state index in [1.165, 1.54) is 17.7 Å². The topological polar surface area (TPSA) is 3.24 Å². The van der Waals surface area contributed by atoms with Crippen LogP contribution in [-0.2, 0) is 0 Å². The molecule has 6 heteroatoms. The Bertz CT molecular complexity index is 1160. The van der Waals surface area contributed by atoms with Gasteiger partial charge in [-0.05, 0) is 85.9 Å². The second-order valence-corrected chi connectivity index (χ2v) is 10.8. The van der Waals surface area contributed by atoms with Crippen molar-refractivity contribution in [2.75, 3.05) is 13.2 Å². The molecule has 1 heterocycles. The molecule has 0 spiro atoms. The van der Waals surface area contributed by atoms with E-state index in [2.05, 4.69) is 6.58 Å². The fraction of sp³-hybridized carbons (Fsp3) is 0.455. The average Bonchev–Trinajstić information content (AvgIpc) is 2.85. The zero-order valence-corrected chi connectivity index (χ0v) is 23.5. The highest BCUT2D eigenvalue weighted by Gasteiger charge is 2.40. The van der Waals surface area contributed by atoms with Crippen LogP contribution < -0.4 is 0 Å². The first-order chi connectivity index (χ1) is 18.5. The van der Waals surface area contributed by atoms with Crippen LogP contribution in [-0.4, -0.2) is 30.1 Å². The van der Waals surface area contributed by atoms with E-state index in [9.17, 15) is 13.2 Å². The summed E-state index contributed by atoms with van der Waals surface area (Å²) in [7, 11) is 0. The maximum atomic E-state index is 15.5. The van der Waals surface area contributed by atoms with Crippen LogP contribution in [0.3, 0.4) is 0 Å². The number of nitrogens with zero attached hydrogens (tertiary/aromatic N) is 1. The monoisotopic (exact) mass is 545 g/mol. The minimum absolute atomic E-state index is 0.156. The Hall–Kier alpha value is -2.73. The molecule has 212 valence electrons. The highest BCUT2D eigenvalue weighted by molar-refractivity contribution is 5.72. The standard InChI is InChI=1S/C29H31F4N.C4H9F/c1-5-20-9-11-23(12-10-20)24-13-18(2)34(17-29(4,32)33)28(19(24)3)27-25(30)15-22(16-26(27)31)14-21-7-6-8-21;1-2-3-4-5/h5,9-12,14-16,18,28H,1,6-8,13,17H2,2-4H3;2-4H2,1H3/t18-,28?;/m1./s1. The van der Waals surface area contributed by atoms with E-state index in [4.69, 9.17) is 0 Å². The maximum absolute atomic E-state index is 15.5. The number of rotatable bonds is 8. The van der Waals surface area contributed by atoms with Crippen LogP contribution in [0.15, 0.2) is 54.1 Å². The van der Waals surface area contributed by atoms with Gasteiger partial charge in [-0.25, -0.2) is 17.6 Å². The van der Waals surface area contributed by atoms with Crippen molar-refractivity contribution < 1.29 is 22.0 Å². The van der Waals surface area contributed by atoms with Gasteiger partial charge in [-0.15, -0.1) is 0 Å². The normalized spacial score (nSPS) is 19.8. The molecule has 0 N–H and O–H groups in total. The SMILES string of the molecule is C=Cc1ccc(C2=C(C)C(c3c(F)cc(C=C4CCC4)cc3F)N(CC(C)(F)F)[C@H](C)C2)cc1.CCCCF. The van der Waals surface area contributed by atoms with Gasteiger partial charge in [0.1, 0.15) is 11.6 Å². The van der Waals surface area contributed by atoms with Gasteiger partial charge in [0.15, 0.2) is 0 Å². The van der Waals surface area contributed by atoms with Gasteiger partial charge in [0.25, 0.3) is 5.92 Å². The largest absolute Gasteiger partial charge is 0.283 e. The average molecular weight is 546 g/mol. The van der Waals surface area contributed by atoms with Crippen molar-refractivity contribution in [3.8, 4) is 0 Å². The molecule has 0 aromatic heterocycles. The van der Waals surface area contributed by atoms with Crippen LogP contribution in [0, 0.1) is 11.6 Å². The molecular weight excluding hydrogens is 505 g/mol. The van der Waals surface area contributed by atoms with Crippen molar-refractivity contribution in [1.29, 1.82) is 0 Å². The molecule has 1 unspecified atom stereocenters. The summed E-state index contributed by atoms with van der Waals surface area (Å²) in [5.74, 6) is -4.40. The molecule has 4 rings (SSSR count). The van der Waals surface area contributed by atoms with Crippen molar-refractivity contribution in [3.63, 3.8) is 0 Å². The van der Waals surface area contributed by atoms with Crippen LogP contribution in [0.5, 0.6) is 0 Å². The lowest BCUT2D eigenvalue weighted by molar-refractivity contribution is -0.0360. The quantitative estimate of drug-likeness (QED) is 0.298. The Balaban J connectivity index is 0.000000771. The van der Waals surface area contributed by atoms with Crippen molar-refractivity contribution >= 4 is 17.7 Å². The lowest BCUT2D eigenvalue weighted by Crippen LogP contribution is -2.46. The molecule has 39 heavy (non-hydrogen) atoms. The molecule has 0 amide bonds. The first-order valence-corrected chi connectivity index (χ1v) is 13.8. The van der Waals surface area contributed by atoms with Crippen LogP contribution >= 0.6 is 0 Å². The first-order valence-electron chi connectivity index (χ1n) is 13.8. The van der Waals surface area contributed by atoms with Gasteiger partial charge in [-0.1, -0.05) is 61.9 Å². The van der Waals surface area contributed by atoms with E-state index < -0.39 is 30.1 Å². The van der Waals surface area contributed by atoms with Crippen molar-refractivity contribution in [2.24, 2.45) is 0 Å². The molecule has 2 aromatic rings. The predicted octanol–water partition coefficient (Wildman–Crippen LogP) is 10.2. The predicted molar refractivity (Wildman–Crippen MR) is 152 cm³/mol. The molecule has 2 atom stereocenters. The number of halogens is 5. The first kappa shape index (κ1) is 30.8. The van der Waals surface area contributed by atoms with E-state index in [1.807, 2.05) is 44.2 Å². The van der Waals surface area contributed by atoms with Crippen molar-refractivity contribution in [3.05, 3.63) is 88.0 Å². The zero-order chi connectivity index (χ0) is 28.7. The lowest BCUT2D eigenvalue weighted by atomic mass is 9.82. The van der Waals surface area contributed by atoms with E-state index >= 15 is 8.78 Å². The molecule has 2 aromatic carbocycles. The van der Waals surface area contributed by atoms with Gasteiger partial charge in [-0.3, -0.25) is 9.29 Å². The Morgan fingerprint density at radius 3 is 2.10 bits per heavy atom. The summed E-state index contributed by atoms with van der Waals surface area (Å²) in [5.41, 5.74) is 5.00. The minimum atomic E-state index is -3.00. The summed E-state index contributed by atoms with van der Waals surface area (Å²) in [6, 6.07) is 9.17. The van der Waals surface area contributed by atoms with Gasteiger partial charge in [0.05, 0.1) is 19.3 Å². The van der Waals surface area contributed by atoms with Crippen LogP contribution in [0.2, 0.25) is 0 Å². The Kier molecular flexibility index (Phi) is 10.7. The maximum Gasteiger partial charge on any atom is 0.257 e. The Morgan fingerprint density at radius 1 is 1.05 bits per heavy atom. The summed E-state index contributed by atoms with van der Waals surface area (Å²) in [6.45, 7) is 9.50. The lowest BCUT2D eigenvalue weighted by Gasteiger charge is -2.44. The second kappa shape index (κ2) is 13.6. The van der Waals surface area contributed by atoms with Crippen molar-refractivity contribution in [2.45, 2.75) is 84.2 Å². The van der Waals surface area contributed by atoms with E-state index in [1.54, 1.807) is 17.9 Å². The summed E-state index contributed by atoms with van der Waals surface area (Å²) in [6.07, 6.45) is 8.76. The third-order valence-electron chi connectivity index (χ3n) is 7.47.